The average molecular weight is 472 g/mol. The lowest BCUT2D eigenvalue weighted by Crippen LogP contribution is -2.48. The van der Waals surface area contributed by atoms with Crippen LogP contribution in [0.25, 0.3) is 16.7 Å². The molecule has 4 aromatic rings. The molecule has 11 heteroatoms. The van der Waals surface area contributed by atoms with Gasteiger partial charge in [-0.25, -0.2) is 22.5 Å². The van der Waals surface area contributed by atoms with E-state index in [9.17, 15) is 18.0 Å². The molecule has 0 radical (unpaired) electrons. The lowest BCUT2D eigenvalue weighted by atomic mass is 10.1. The molecule has 0 spiro atoms. The van der Waals surface area contributed by atoms with Gasteiger partial charge in [-0.2, -0.15) is 4.98 Å². The number of carbonyl (C=O) groups excluding carboxylic acids is 1. The summed E-state index contributed by atoms with van der Waals surface area (Å²) in [6.07, 6.45) is 0.220. The van der Waals surface area contributed by atoms with Gasteiger partial charge in [0.05, 0.1) is 23.3 Å². The van der Waals surface area contributed by atoms with Gasteiger partial charge < -0.3 is 15.1 Å². The molecule has 176 valence electrons. The number of hydrogen-bond donors (Lipinski definition) is 1. The quantitative estimate of drug-likeness (QED) is 0.445. The van der Waals surface area contributed by atoms with Crippen molar-refractivity contribution in [3.8, 4) is 0 Å². The second kappa shape index (κ2) is 8.47. The monoisotopic (exact) mass is 472 g/mol. The molecule has 0 unspecified atom stereocenters. The van der Waals surface area contributed by atoms with Crippen molar-refractivity contribution in [2.45, 2.75) is 13.0 Å². The average Bonchev–Trinajstić information content (AvgIpc) is 3.28. The van der Waals surface area contributed by atoms with Crippen LogP contribution >= 0.6 is 0 Å². The van der Waals surface area contributed by atoms with Crippen molar-refractivity contribution in [3.05, 3.63) is 65.5 Å². The molecule has 1 aliphatic heterocycles. The number of benzene rings is 2. The Hall–Kier alpha value is -3.89. The van der Waals surface area contributed by atoms with Gasteiger partial charge in [0.15, 0.2) is 0 Å². The predicted octanol–water partition coefficient (Wildman–Crippen LogP) is 3.99. The van der Waals surface area contributed by atoms with Gasteiger partial charge in [0.25, 0.3) is 6.43 Å². The number of halogens is 4. The number of carbonyl (C=O) groups is 1. The highest BCUT2D eigenvalue weighted by molar-refractivity contribution is 5.94. The first-order valence-corrected chi connectivity index (χ1v) is 10.6. The van der Waals surface area contributed by atoms with Crippen molar-refractivity contribution in [2.75, 3.05) is 36.9 Å². The molecule has 34 heavy (non-hydrogen) atoms. The summed E-state index contributed by atoms with van der Waals surface area (Å²) in [6.45, 7) is 0.832. The number of rotatable bonds is 5. The molecule has 7 nitrogen and oxygen atoms in total. The molecule has 1 saturated heterocycles. The molecule has 1 aliphatic rings. The molecule has 1 fully saturated rings. The Morgan fingerprint density at radius 1 is 1.18 bits per heavy atom. The van der Waals surface area contributed by atoms with Gasteiger partial charge in [0.2, 0.25) is 11.7 Å². The Morgan fingerprint density at radius 2 is 2.00 bits per heavy atom. The van der Waals surface area contributed by atoms with Gasteiger partial charge in [-0.15, -0.1) is 0 Å². The van der Waals surface area contributed by atoms with E-state index in [1.807, 2.05) is 0 Å². The van der Waals surface area contributed by atoms with Crippen LogP contribution in [0.3, 0.4) is 0 Å². The first-order chi connectivity index (χ1) is 16.3. The fourth-order valence-corrected chi connectivity index (χ4v) is 4.09. The van der Waals surface area contributed by atoms with E-state index in [2.05, 4.69) is 15.3 Å². The minimum Gasteiger partial charge on any atom is -0.365 e. The smallest absolute Gasteiger partial charge is 0.266 e. The minimum absolute atomic E-state index is 0.0358. The van der Waals surface area contributed by atoms with E-state index < -0.39 is 23.6 Å². The topological polar surface area (TPSA) is 65.8 Å². The van der Waals surface area contributed by atoms with Crippen molar-refractivity contribution in [1.29, 1.82) is 0 Å². The molecule has 5 rings (SSSR count). The van der Waals surface area contributed by atoms with Crippen molar-refractivity contribution >= 4 is 34.1 Å². The van der Waals surface area contributed by atoms with Crippen LogP contribution in [-0.4, -0.2) is 51.9 Å². The van der Waals surface area contributed by atoms with Crippen LogP contribution in [0.15, 0.2) is 42.7 Å². The van der Waals surface area contributed by atoms with E-state index in [1.54, 1.807) is 33.5 Å². The van der Waals surface area contributed by atoms with Crippen LogP contribution in [0.5, 0.6) is 0 Å². The molecule has 2 aromatic heterocycles. The maximum absolute atomic E-state index is 15.2. The zero-order chi connectivity index (χ0) is 24.0. The van der Waals surface area contributed by atoms with Gasteiger partial charge in [-0.05, 0) is 6.07 Å². The minimum atomic E-state index is -2.93. The summed E-state index contributed by atoms with van der Waals surface area (Å²) in [5, 5.41) is 3.51. The fraction of sp³-hybridized carbons (Fsp3) is 0.261. The molecule has 1 N–H and O–H groups in total. The number of alkyl halides is 2. The maximum atomic E-state index is 15.2. The molecule has 0 saturated carbocycles. The van der Waals surface area contributed by atoms with E-state index in [4.69, 9.17) is 0 Å². The van der Waals surface area contributed by atoms with E-state index in [0.29, 0.717) is 29.8 Å². The first kappa shape index (κ1) is 21.9. The molecular weight excluding hydrogens is 452 g/mol. The highest BCUT2D eigenvalue weighted by atomic mass is 19.3. The Kier molecular flexibility index (Phi) is 5.46. The summed E-state index contributed by atoms with van der Waals surface area (Å²) < 4.78 is 57.4. The van der Waals surface area contributed by atoms with Gasteiger partial charge in [-0.3, -0.25) is 9.20 Å². The molecular formula is C23H20F4N6O. The second-order valence-electron chi connectivity index (χ2n) is 8.09. The third-order valence-electron chi connectivity index (χ3n) is 6.00. The number of likely N-dealkylation sites (N-methyl/N-ethyl adjacent to an activating group) is 1. The molecule has 0 bridgehead atoms. The number of nitrogens with zero attached hydrogens (tertiary/aromatic N) is 5. The number of imidazole rings is 1. The largest absolute Gasteiger partial charge is 0.365 e. The number of anilines is 2. The normalized spacial score (nSPS) is 14.6. The predicted molar refractivity (Wildman–Crippen MR) is 119 cm³/mol. The van der Waals surface area contributed by atoms with E-state index in [1.165, 1.54) is 24.4 Å². The number of amides is 1. The Morgan fingerprint density at radius 3 is 2.76 bits per heavy atom. The standard InChI is InChI=1S/C23H20F4N6O/c1-31-7-8-32(12-19(31)34)18-9-15-17(10-16(18)24)33-6-5-28-23(33)30-22(15)29-11-13-3-2-4-14(20(13)25)21(26)27/h2-6,9-10,21H,7-8,11-12H2,1H3,(H,28,29,30). The molecule has 0 aliphatic carbocycles. The first-order valence-electron chi connectivity index (χ1n) is 10.6. The third kappa shape index (κ3) is 3.76. The number of piperazine rings is 1. The SMILES string of the molecule is CN1CCN(c2cc3c(NCc4cccc(C(F)F)c4F)nc4nccn4c3cc2F)CC1=O. The van der Waals surface area contributed by atoms with Crippen LogP contribution in [0.1, 0.15) is 17.6 Å². The van der Waals surface area contributed by atoms with Crippen molar-refractivity contribution in [3.63, 3.8) is 0 Å². The van der Waals surface area contributed by atoms with Crippen LogP contribution < -0.4 is 10.2 Å². The Balaban J connectivity index is 1.57. The number of hydrogen-bond acceptors (Lipinski definition) is 5. The van der Waals surface area contributed by atoms with Crippen LogP contribution in [0.4, 0.5) is 29.1 Å². The van der Waals surface area contributed by atoms with Gasteiger partial charge >= 0.3 is 0 Å². The summed E-state index contributed by atoms with van der Waals surface area (Å²) >= 11 is 0. The molecule has 1 amide bonds. The lowest BCUT2D eigenvalue weighted by molar-refractivity contribution is -0.129. The highest BCUT2D eigenvalue weighted by Crippen LogP contribution is 2.32. The van der Waals surface area contributed by atoms with E-state index in [0.717, 1.165) is 6.07 Å². The van der Waals surface area contributed by atoms with Gasteiger partial charge in [0, 0.05) is 56.1 Å². The van der Waals surface area contributed by atoms with E-state index in [-0.39, 0.29) is 36.1 Å². The third-order valence-corrected chi connectivity index (χ3v) is 6.00. The summed E-state index contributed by atoms with van der Waals surface area (Å²) in [5.41, 5.74) is 0.0746. The van der Waals surface area contributed by atoms with Crippen molar-refractivity contribution in [1.82, 2.24) is 19.3 Å². The van der Waals surface area contributed by atoms with Crippen LogP contribution in [0, 0.1) is 11.6 Å². The van der Waals surface area contributed by atoms with E-state index >= 15 is 4.39 Å². The Labute approximate surface area is 191 Å². The zero-order valence-corrected chi connectivity index (χ0v) is 18.1. The summed E-state index contributed by atoms with van der Waals surface area (Å²) in [6, 6.07) is 6.74. The molecule has 2 aromatic carbocycles. The highest BCUT2D eigenvalue weighted by Gasteiger charge is 2.25. The number of nitrogens with one attached hydrogen (secondary N) is 1. The molecule has 3 heterocycles. The van der Waals surface area contributed by atoms with Gasteiger partial charge in [0.1, 0.15) is 17.5 Å². The summed E-state index contributed by atoms with van der Waals surface area (Å²) in [5.74, 6) is -1.04. The van der Waals surface area contributed by atoms with Crippen molar-refractivity contribution in [2.24, 2.45) is 0 Å². The Bertz CT molecular complexity index is 1410. The number of fused-ring (bicyclic) bond motifs is 3. The zero-order valence-electron chi connectivity index (χ0n) is 18.1. The van der Waals surface area contributed by atoms with Crippen molar-refractivity contribution < 1.29 is 22.4 Å². The maximum Gasteiger partial charge on any atom is 0.266 e. The fourth-order valence-electron chi connectivity index (χ4n) is 4.09. The summed E-state index contributed by atoms with van der Waals surface area (Å²) in [7, 11) is 1.69. The van der Waals surface area contributed by atoms with Crippen LogP contribution in [-0.2, 0) is 11.3 Å². The molecule has 0 atom stereocenters. The van der Waals surface area contributed by atoms with Gasteiger partial charge in [-0.1, -0.05) is 18.2 Å². The second-order valence-corrected chi connectivity index (χ2v) is 8.09. The van der Waals surface area contributed by atoms with Crippen LogP contribution in [0.2, 0.25) is 0 Å². The summed E-state index contributed by atoms with van der Waals surface area (Å²) in [4.78, 5) is 24.0. The number of aromatic nitrogens is 3. The lowest BCUT2D eigenvalue weighted by Gasteiger charge is -2.33.